The largest absolute Gasteiger partial charge is 0.413 e. The van der Waals surface area contributed by atoms with Crippen molar-refractivity contribution in [2.75, 3.05) is 24.7 Å². The smallest absolute Gasteiger partial charge is 0.292 e. The van der Waals surface area contributed by atoms with E-state index in [1.165, 1.54) is 0 Å². The third-order valence-electron chi connectivity index (χ3n) is 0.890. The molecular weight excluding hydrogens is 191 g/mol. The fourth-order valence-corrected chi connectivity index (χ4v) is 0.980. The minimum Gasteiger partial charge on any atom is -0.292 e. The third kappa shape index (κ3) is 10.1. The molecule has 2 nitrogen and oxygen atoms in total. The zero-order chi connectivity index (χ0) is 9.45. The van der Waals surface area contributed by atoms with Crippen molar-refractivity contribution in [2.24, 2.45) is 0 Å². The van der Waals surface area contributed by atoms with E-state index in [-0.39, 0.29) is 0 Å². The number of hydrogen-bond acceptors (Lipinski definition) is 3. The van der Waals surface area contributed by atoms with Crippen molar-refractivity contribution in [3.8, 4) is 0 Å². The normalized spacial score (nSPS) is 12.0. The van der Waals surface area contributed by atoms with Crippen LogP contribution in [0.3, 0.4) is 0 Å². The molecule has 0 aromatic carbocycles. The van der Waals surface area contributed by atoms with Crippen LogP contribution < -0.4 is 5.48 Å². The van der Waals surface area contributed by atoms with Crippen LogP contribution in [-0.4, -0.2) is 30.8 Å². The highest BCUT2D eigenvalue weighted by Gasteiger charge is 2.27. The molecule has 0 aromatic heterocycles. The summed E-state index contributed by atoms with van der Waals surface area (Å²) in [6.45, 7) is 1.19. The van der Waals surface area contributed by atoms with Gasteiger partial charge < -0.3 is 0 Å². The van der Waals surface area contributed by atoms with E-state index in [1.54, 1.807) is 11.8 Å². The summed E-state index contributed by atoms with van der Waals surface area (Å²) in [4.78, 5) is 4.16. The average molecular weight is 203 g/mol. The monoisotopic (exact) mass is 203 g/mol. The standard InChI is InChI=1S/C6H12F3NOS/c1-2-12-4-3-10-11-5-6(7,8)9/h10H,2-5H2,1H3. The lowest BCUT2D eigenvalue weighted by Gasteiger charge is -2.07. The van der Waals surface area contributed by atoms with Crippen molar-refractivity contribution in [1.29, 1.82) is 0 Å². The molecule has 0 saturated carbocycles. The fourth-order valence-electron chi connectivity index (χ4n) is 0.463. The first-order valence-electron chi connectivity index (χ1n) is 3.55. The highest BCUT2D eigenvalue weighted by atomic mass is 32.2. The Morgan fingerprint density at radius 3 is 2.58 bits per heavy atom. The lowest BCUT2D eigenvalue weighted by molar-refractivity contribution is -0.188. The number of hydrogen-bond donors (Lipinski definition) is 1. The van der Waals surface area contributed by atoms with E-state index in [4.69, 9.17) is 0 Å². The van der Waals surface area contributed by atoms with Gasteiger partial charge >= 0.3 is 6.18 Å². The first-order valence-corrected chi connectivity index (χ1v) is 4.71. The van der Waals surface area contributed by atoms with Crippen molar-refractivity contribution in [2.45, 2.75) is 13.1 Å². The lowest BCUT2D eigenvalue weighted by Crippen LogP contribution is -2.26. The van der Waals surface area contributed by atoms with Gasteiger partial charge in [-0.15, -0.1) is 0 Å². The average Bonchev–Trinajstić information content (AvgIpc) is 1.94. The molecule has 0 aliphatic rings. The molecule has 0 saturated heterocycles. The maximum absolute atomic E-state index is 11.5. The van der Waals surface area contributed by atoms with Gasteiger partial charge in [-0.1, -0.05) is 6.92 Å². The van der Waals surface area contributed by atoms with E-state index in [0.29, 0.717) is 6.54 Å². The summed E-state index contributed by atoms with van der Waals surface area (Å²) in [6.07, 6.45) is -4.25. The topological polar surface area (TPSA) is 21.3 Å². The Morgan fingerprint density at radius 2 is 2.08 bits per heavy atom. The Hall–Kier alpha value is 0.0600. The summed E-state index contributed by atoms with van der Waals surface area (Å²) in [5.41, 5.74) is 2.24. The molecule has 0 unspecified atom stereocenters. The van der Waals surface area contributed by atoms with Crippen LogP contribution in [0.2, 0.25) is 0 Å². The van der Waals surface area contributed by atoms with Crippen LogP contribution in [-0.2, 0) is 4.84 Å². The van der Waals surface area contributed by atoms with Crippen molar-refractivity contribution >= 4 is 11.8 Å². The quantitative estimate of drug-likeness (QED) is 0.525. The van der Waals surface area contributed by atoms with Crippen molar-refractivity contribution in [3.05, 3.63) is 0 Å². The molecule has 0 aliphatic heterocycles. The Morgan fingerprint density at radius 1 is 1.42 bits per heavy atom. The van der Waals surface area contributed by atoms with Crippen molar-refractivity contribution < 1.29 is 18.0 Å². The first kappa shape index (κ1) is 12.1. The lowest BCUT2D eigenvalue weighted by atomic mass is 10.7. The number of nitrogens with one attached hydrogen (secondary N) is 1. The molecule has 6 heteroatoms. The summed E-state index contributed by atoms with van der Waals surface area (Å²) in [6, 6.07) is 0. The van der Waals surface area contributed by atoms with Gasteiger partial charge in [0.05, 0.1) is 0 Å². The summed E-state index contributed by atoms with van der Waals surface area (Å²) >= 11 is 1.64. The van der Waals surface area contributed by atoms with Gasteiger partial charge in [0.2, 0.25) is 0 Å². The van der Waals surface area contributed by atoms with E-state index in [0.717, 1.165) is 11.5 Å². The van der Waals surface area contributed by atoms with Gasteiger partial charge in [-0.2, -0.15) is 24.9 Å². The van der Waals surface area contributed by atoms with Crippen LogP contribution in [0, 0.1) is 0 Å². The second-order valence-corrected chi connectivity index (χ2v) is 3.39. The fraction of sp³-hybridized carbons (Fsp3) is 1.00. The zero-order valence-corrected chi connectivity index (χ0v) is 7.60. The van der Waals surface area contributed by atoms with E-state index >= 15 is 0 Å². The maximum atomic E-state index is 11.5. The highest BCUT2D eigenvalue weighted by Crippen LogP contribution is 2.13. The van der Waals surface area contributed by atoms with Crippen molar-refractivity contribution in [1.82, 2.24) is 5.48 Å². The minimum atomic E-state index is -4.25. The van der Waals surface area contributed by atoms with Gasteiger partial charge in [0.15, 0.2) is 6.61 Å². The molecule has 0 fully saturated rings. The summed E-state index contributed by atoms with van der Waals surface area (Å²) in [5.74, 6) is 1.72. The van der Waals surface area contributed by atoms with Gasteiger partial charge in [0.25, 0.3) is 0 Å². The van der Waals surface area contributed by atoms with Crippen LogP contribution in [0.4, 0.5) is 13.2 Å². The Kier molecular flexibility index (Phi) is 6.60. The molecule has 0 rings (SSSR count). The molecule has 74 valence electrons. The number of alkyl halides is 3. The van der Waals surface area contributed by atoms with E-state index in [2.05, 4.69) is 10.3 Å². The maximum Gasteiger partial charge on any atom is 0.413 e. The predicted octanol–water partition coefficient (Wildman–Crippen LogP) is 1.82. The number of halogens is 3. The van der Waals surface area contributed by atoms with Crippen LogP contribution in [0.15, 0.2) is 0 Å². The SMILES string of the molecule is CCSCCNOCC(F)(F)F. The van der Waals surface area contributed by atoms with Gasteiger partial charge in [-0.25, -0.2) is 5.48 Å². The number of hydroxylamine groups is 1. The summed E-state index contributed by atoms with van der Waals surface area (Å²) in [5, 5.41) is 0. The van der Waals surface area contributed by atoms with Gasteiger partial charge in [-0.05, 0) is 5.75 Å². The van der Waals surface area contributed by atoms with Crippen LogP contribution in [0.25, 0.3) is 0 Å². The third-order valence-corrected chi connectivity index (χ3v) is 1.79. The van der Waals surface area contributed by atoms with E-state index in [1.807, 2.05) is 6.92 Å². The minimum absolute atomic E-state index is 0.439. The number of thioether (sulfide) groups is 1. The van der Waals surface area contributed by atoms with E-state index < -0.39 is 12.8 Å². The Labute approximate surface area is 73.8 Å². The molecule has 0 aromatic rings. The zero-order valence-electron chi connectivity index (χ0n) is 6.78. The summed E-state index contributed by atoms with van der Waals surface area (Å²) < 4.78 is 34.4. The molecule has 0 bridgehead atoms. The predicted molar refractivity (Wildman–Crippen MR) is 43.0 cm³/mol. The van der Waals surface area contributed by atoms with Crippen molar-refractivity contribution in [3.63, 3.8) is 0 Å². The second kappa shape index (κ2) is 6.56. The molecule has 0 heterocycles. The van der Waals surface area contributed by atoms with Crippen LogP contribution in [0.5, 0.6) is 0 Å². The summed E-state index contributed by atoms with van der Waals surface area (Å²) in [7, 11) is 0. The van der Waals surface area contributed by atoms with Crippen LogP contribution in [0.1, 0.15) is 6.92 Å². The molecule has 0 aliphatic carbocycles. The Bertz CT molecular complexity index is 109. The van der Waals surface area contributed by atoms with Crippen LogP contribution >= 0.6 is 11.8 Å². The van der Waals surface area contributed by atoms with Gasteiger partial charge in [0.1, 0.15) is 0 Å². The molecule has 0 radical (unpaired) electrons. The molecular formula is C6H12F3NOS. The molecule has 1 N–H and O–H groups in total. The van der Waals surface area contributed by atoms with E-state index in [9.17, 15) is 13.2 Å². The first-order chi connectivity index (χ1) is 5.56. The van der Waals surface area contributed by atoms with Gasteiger partial charge in [0, 0.05) is 12.3 Å². The number of rotatable bonds is 6. The molecule has 0 atom stereocenters. The second-order valence-electron chi connectivity index (χ2n) is 2.00. The van der Waals surface area contributed by atoms with Gasteiger partial charge in [-0.3, -0.25) is 4.84 Å². The highest BCUT2D eigenvalue weighted by molar-refractivity contribution is 7.99. The molecule has 0 amide bonds. The molecule has 12 heavy (non-hydrogen) atoms. The molecule has 0 spiro atoms. The Balaban J connectivity index is 3.01.